The van der Waals surface area contributed by atoms with Crippen molar-refractivity contribution in [3.63, 3.8) is 0 Å². The topological polar surface area (TPSA) is 109 Å². The van der Waals surface area contributed by atoms with Gasteiger partial charge in [-0.25, -0.2) is 0 Å². The summed E-state index contributed by atoms with van der Waals surface area (Å²) in [7, 11) is 0. The summed E-state index contributed by atoms with van der Waals surface area (Å²) in [5, 5.41) is 9.80. The van der Waals surface area contributed by atoms with Crippen molar-refractivity contribution in [1.29, 1.82) is 0 Å². The first-order chi connectivity index (χ1) is 11.5. The average molecular weight is 333 g/mol. The van der Waals surface area contributed by atoms with Gasteiger partial charge in [-0.15, -0.1) is 0 Å². The second-order valence-electron chi connectivity index (χ2n) is 5.50. The maximum absolute atomic E-state index is 12.0. The normalized spacial score (nSPS) is 12.1. The number of aliphatic carboxylic acids is 1. The Morgan fingerprint density at radius 1 is 1.33 bits per heavy atom. The number of hydrogen-bond donors (Lipinski definition) is 3. The molecule has 2 aromatic rings. The van der Waals surface area contributed by atoms with Crippen molar-refractivity contribution < 1.29 is 19.4 Å². The number of fused-ring (bicyclic) bond motifs is 1. The first-order valence-electron chi connectivity index (χ1n) is 7.95. The lowest BCUT2D eigenvalue weighted by atomic mass is 10.1. The molecule has 0 spiro atoms. The molecule has 4 N–H and O–H groups in total. The third-order valence-electron chi connectivity index (χ3n) is 3.99. The fourth-order valence-electron chi connectivity index (χ4n) is 2.61. The molecular formula is C17H23N3O4. The standard InChI is InChI=1S/C17H23N3O4/c1-3-20(4-2)15(21)10-24-14-7-5-6-12-11(9-19-16(12)14)8-13(18)17(22)23/h5-7,9,13,19H,3-4,8,10,18H2,1-2H3,(H,22,23)/t13-/m0/s1. The summed E-state index contributed by atoms with van der Waals surface area (Å²) in [6.07, 6.45) is 1.95. The molecular weight excluding hydrogens is 310 g/mol. The van der Waals surface area contributed by atoms with Crippen molar-refractivity contribution in [3.05, 3.63) is 30.0 Å². The van der Waals surface area contributed by atoms with Gasteiger partial charge in [0, 0.05) is 31.1 Å². The minimum absolute atomic E-state index is 0.0379. The Morgan fingerprint density at radius 3 is 2.67 bits per heavy atom. The predicted octanol–water partition coefficient (Wildman–Crippen LogP) is 1.37. The Balaban J connectivity index is 2.16. The number of likely N-dealkylation sites (N-methyl/N-ethyl adjacent to an activating group) is 1. The van der Waals surface area contributed by atoms with Crippen LogP contribution in [0.25, 0.3) is 10.9 Å². The van der Waals surface area contributed by atoms with Gasteiger partial charge in [0.25, 0.3) is 5.91 Å². The number of ether oxygens (including phenoxy) is 1. The quantitative estimate of drug-likeness (QED) is 0.676. The van der Waals surface area contributed by atoms with E-state index in [9.17, 15) is 9.59 Å². The van der Waals surface area contributed by atoms with Gasteiger partial charge in [-0.2, -0.15) is 0 Å². The second kappa shape index (κ2) is 7.83. The number of hydrogen-bond acceptors (Lipinski definition) is 4. The molecule has 0 aliphatic rings. The smallest absolute Gasteiger partial charge is 0.320 e. The molecule has 0 fully saturated rings. The predicted molar refractivity (Wildman–Crippen MR) is 91.0 cm³/mol. The number of benzene rings is 1. The van der Waals surface area contributed by atoms with Gasteiger partial charge < -0.3 is 25.5 Å². The molecule has 0 bridgehead atoms. The number of carboxylic acid groups (broad SMARTS) is 1. The summed E-state index contributed by atoms with van der Waals surface area (Å²) in [4.78, 5) is 27.8. The van der Waals surface area contributed by atoms with Crippen molar-refractivity contribution >= 4 is 22.8 Å². The molecule has 0 saturated carbocycles. The van der Waals surface area contributed by atoms with Crippen LogP contribution in [0.15, 0.2) is 24.4 Å². The molecule has 7 heteroatoms. The molecule has 0 aliphatic heterocycles. The number of rotatable bonds is 8. The van der Waals surface area contributed by atoms with E-state index < -0.39 is 12.0 Å². The summed E-state index contributed by atoms with van der Waals surface area (Å²) in [5.74, 6) is -0.554. The lowest BCUT2D eigenvalue weighted by Crippen LogP contribution is -2.34. The number of carbonyl (C=O) groups excluding carboxylic acids is 1. The number of nitrogens with one attached hydrogen (secondary N) is 1. The number of carboxylic acids is 1. The van der Waals surface area contributed by atoms with Crippen LogP contribution in [-0.2, 0) is 16.0 Å². The fraction of sp³-hybridized carbons (Fsp3) is 0.412. The third kappa shape index (κ3) is 3.86. The second-order valence-corrected chi connectivity index (χ2v) is 5.50. The minimum Gasteiger partial charge on any atom is -0.482 e. The molecule has 24 heavy (non-hydrogen) atoms. The molecule has 2 rings (SSSR count). The SMILES string of the molecule is CCN(CC)C(=O)COc1cccc2c(C[C@H](N)C(=O)O)c[nH]c12. The van der Waals surface area contributed by atoms with Crippen molar-refractivity contribution in [2.24, 2.45) is 5.73 Å². The fourth-order valence-corrected chi connectivity index (χ4v) is 2.61. The van der Waals surface area contributed by atoms with Gasteiger partial charge in [0.2, 0.25) is 0 Å². The summed E-state index contributed by atoms with van der Waals surface area (Å²) < 4.78 is 5.66. The highest BCUT2D eigenvalue weighted by Crippen LogP contribution is 2.28. The van der Waals surface area contributed by atoms with Crippen molar-refractivity contribution in [2.45, 2.75) is 26.3 Å². The van der Waals surface area contributed by atoms with Crippen LogP contribution in [0.1, 0.15) is 19.4 Å². The number of amides is 1. The zero-order valence-electron chi connectivity index (χ0n) is 13.9. The van der Waals surface area contributed by atoms with E-state index in [1.165, 1.54) is 0 Å². The lowest BCUT2D eigenvalue weighted by Gasteiger charge is -2.18. The highest BCUT2D eigenvalue weighted by molar-refractivity contribution is 5.89. The van der Waals surface area contributed by atoms with Gasteiger partial charge >= 0.3 is 5.97 Å². The molecule has 0 saturated heterocycles. The molecule has 130 valence electrons. The van der Waals surface area contributed by atoms with Gasteiger partial charge in [0.15, 0.2) is 6.61 Å². The van der Waals surface area contributed by atoms with E-state index in [1.807, 2.05) is 26.0 Å². The van der Waals surface area contributed by atoms with Crippen molar-refractivity contribution in [1.82, 2.24) is 9.88 Å². The highest BCUT2D eigenvalue weighted by Gasteiger charge is 2.17. The number of aromatic nitrogens is 1. The van der Waals surface area contributed by atoms with Crippen molar-refractivity contribution in [2.75, 3.05) is 19.7 Å². The van der Waals surface area contributed by atoms with Crippen LogP contribution in [-0.4, -0.2) is 52.6 Å². The molecule has 1 aromatic heterocycles. The Hall–Kier alpha value is -2.54. The monoisotopic (exact) mass is 333 g/mol. The van der Waals surface area contributed by atoms with Crippen LogP contribution >= 0.6 is 0 Å². The van der Waals surface area contributed by atoms with Crippen molar-refractivity contribution in [3.8, 4) is 5.75 Å². The maximum Gasteiger partial charge on any atom is 0.320 e. The first kappa shape index (κ1) is 17.8. The molecule has 1 heterocycles. The van der Waals surface area contributed by atoms with Crippen LogP contribution in [0.2, 0.25) is 0 Å². The third-order valence-corrected chi connectivity index (χ3v) is 3.99. The summed E-state index contributed by atoms with van der Waals surface area (Å²) >= 11 is 0. The van der Waals surface area contributed by atoms with E-state index in [1.54, 1.807) is 17.2 Å². The highest BCUT2D eigenvalue weighted by atomic mass is 16.5. The van der Waals surface area contributed by atoms with Gasteiger partial charge in [-0.1, -0.05) is 12.1 Å². The molecule has 0 aliphatic carbocycles. The Bertz CT molecular complexity index is 722. The number of aromatic amines is 1. The molecule has 1 amide bonds. The molecule has 1 atom stereocenters. The maximum atomic E-state index is 12.0. The van der Waals surface area contributed by atoms with E-state index in [2.05, 4.69) is 4.98 Å². The largest absolute Gasteiger partial charge is 0.482 e. The van der Waals surface area contributed by atoms with Gasteiger partial charge in [0.05, 0.1) is 5.52 Å². The number of nitrogens with zero attached hydrogens (tertiary/aromatic N) is 1. The van der Waals surface area contributed by atoms with Crippen LogP contribution < -0.4 is 10.5 Å². The van der Waals surface area contributed by atoms with Crippen LogP contribution in [0.3, 0.4) is 0 Å². The van der Waals surface area contributed by atoms with Crippen LogP contribution in [0.5, 0.6) is 5.75 Å². The summed E-state index contributed by atoms with van der Waals surface area (Å²) in [5.41, 5.74) is 7.14. The zero-order chi connectivity index (χ0) is 17.7. The van der Waals surface area contributed by atoms with Crippen LogP contribution in [0.4, 0.5) is 0 Å². The van der Waals surface area contributed by atoms with E-state index >= 15 is 0 Å². The van der Waals surface area contributed by atoms with E-state index in [0.717, 1.165) is 16.5 Å². The molecule has 7 nitrogen and oxygen atoms in total. The Morgan fingerprint density at radius 2 is 2.04 bits per heavy atom. The summed E-state index contributed by atoms with van der Waals surface area (Å²) in [6.45, 7) is 5.09. The number of nitrogens with two attached hydrogens (primary N) is 1. The van der Waals surface area contributed by atoms with Gasteiger partial charge in [-0.05, 0) is 25.5 Å². The molecule has 0 radical (unpaired) electrons. The molecule has 1 aromatic carbocycles. The van der Waals surface area contributed by atoms with Crippen LogP contribution in [0, 0.1) is 0 Å². The summed E-state index contributed by atoms with van der Waals surface area (Å²) in [6, 6.07) is 4.49. The van der Waals surface area contributed by atoms with E-state index in [4.69, 9.17) is 15.6 Å². The molecule has 0 unspecified atom stereocenters. The van der Waals surface area contributed by atoms with Gasteiger partial charge in [-0.3, -0.25) is 9.59 Å². The van der Waals surface area contributed by atoms with E-state index in [-0.39, 0.29) is 18.9 Å². The Kier molecular flexibility index (Phi) is 5.81. The number of para-hydroxylation sites is 1. The first-order valence-corrected chi connectivity index (χ1v) is 7.95. The zero-order valence-corrected chi connectivity index (χ0v) is 13.9. The van der Waals surface area contributed by atoms with E-state index in [0.29, 0.717) is 18.8 Å². The number of carbonyl (C=O) groups is 2. The lowest BCUT2D eigenvalue weighted by molar-refractivity contribution is -0.138. The average Bonchev–Trinajstić information content (AvgIpc) is 2.97. The van der Waals surface area contributed by atoms with Gasteiger partial charge in [0.1, 0.15) is 11.8 Å². The number of H-pyrrole nitrogens is 1. The Labute approximate surface area is 140 Å². The minimum atomic E-state index is -1.04.